The molecule has 1 aliphatic rings. The molecule has 23 heavy (non-hydrogen) atoms. The second-order valence-corrected chi connectivity index (χ2v) is 5.98. The molecule has 1 aromatic heterocycles. The minimum Gasteiger partial charge on any atom is -0.340 e. The van der Waals surface area contributed by atoms with Crippen molar-refractivity contribution < 1.29 is 4.79 Å². The van der Waals surface area contributed by atoms with E-state index in [4.69, 9.17) is 5.73 Å². The highest BCUT2D eigenvalue weighted by Crippen LogP contribution is 2.32. The molecule has 1 amide bonds. The van der Waals surface area contributed by atoms with Crippen LogP contribution in [0.2, 0.25) is 0 Å². The van der Waals surface area contributed by atoms with Gasteiger partial charge in [0.2, 0.25) is 5.91 Å². The van der Waals surface area contributed by atoms with Crippen LogP contribution in [-0.2, 0) is 11.3 Å². The van der Waals surface area contributed by atoms with E-state index in [1.807, 2.05) is 23.1 Å². The number of nitrogens with zero attached hydrogens (tertiary/aromatic N) is 2. The van der Waals surface area contributed by atoms with Gasteiger partial charge in [-0.05, 0) is 24.1 Å². The second-order valence-electron chi connectivity index (χ2n) is 5.98. The number of nitrogens with two attached hydrogens (primary N) is 1. The minimum absolute atomic E-state index is 0.0322. The van der Waals surface area contributed by atoms with E-state index in [2.05, 4.69) is 12.1 Å². The fraction of sp³-hybridized carbons (Fsp3) is 0.333. The molecule has 0 unspecified atom stereocenters. The Morgan fingerprint density at radius 2 is 1.83 bits per heavy atom. The molecule has 0 radical (unpaired) electrons. The molecule has 2 N–H and O–H groups in total. The van der Waals surface area contributed by atoms with E-state index < -0.39 is 0 Å². The van der Waals surface area contributed by atoms with E-state index in [0.717, 1.165) is 0 Å². The highest BCUT2D eigenvalue weighted by Gasteiger charge is 2.35. The lowest BCUT2D eigenvalue weighted by atomic mass is 9.89. The molecule has 3 rings (SSSR count). The lowest BCUT2D eigenvalue weighted by Gasteiger charge is -2.17. The van der Waals surface area contributed by atoms with Crippen molar-refractivity contribution in [3.8, 4) is 0 Å². The minimum atomic E-state index is -0.157. The normalized spacial score (nSPS) is 20.7. The number of hydrogen-bond donors (Lipinski definition) is 1. The largest absolute Gasteiger partial charge is 0.340 e. The van der Waals surface area contributed by atoms with Gasteiger partial charge in [-0.2, -0.15) is 0 Å². The van der Waals surface area contributed by atoms with Crippen molar-refractivity contribution in [1.82, 2.24) is 9.47 Å². The number of carbonyl (C=O) groups excluding carboxylic acids is 1. The standard InChI is InChI=1S/C18H21N3O2/c19-10-15-11-21(12-16(15)14-6-2-1-3-7-14)18(23)13-20-9-5-4-8-17(20)22/h1-9,15-16H,10-13,19H2/t15-,16+/m1/s1. The molecular formula is C18H21N3O2. The van der Waals surface area contributed by atoms with Crippen LogP contribution >= 0.6 is 0 Å². The average molecular weight is 311 g/mol. The predicted octanol–water partition coefficient (Wildman–Crippen LogP) is 1.05. The van der Waals surface area contributed by atoms with Crippen LogP contribution < -0.4 is 11.3 Å². The van der Waals surface area contributed by atoms with Crippen LogP contribution in [0.5, 0.6) is 0 Å². The Bertz CT molecular complexity index is 726. The lowest BCUT2D eigenvalue weighted by molar-refractivity contribution is -0.131. The Kier molecular flexibility index (Phi) is 4.57. The average Bonchev–Trinajstić information content (AvgIpc) is 3.02. The number of rotatable bonds is 4. The Hall–Kier alpha value is -2.40. The molecule has 5 nitrogen and oxygen atoms in total. The molecule has 2 aromatic rings. The molecule has 2 heterocycles. The number of aromatic nitrogens is 1. The van der Waals surface area contributed by atoms with Gasteiger partial charge in [0.1, 0.15) is 6.54 Å². The molecule has 0 bridgehead atoms. The Labute approximate surface area is 135 Å². The second kappa shape index (κ2) is 6.79. The van der Waals surface area contributed by atoms with Gasteiger partial charge >= 0.3 is 0 Å². The molecule has 0 aliphatic carbocycles. The Morgan fingerprint density at radius 1 is 1.09 bits per heavy atom. The van der Waals surface area contributed by atoms with Crippen molar-refractivity contribution in [3.05, 3.63) is 70.6 Å². The first kappa shape index (κ1) is 15.5. The number of hydrogen-bond acceptors (Lipinski definition) is 3. The summed E-state index contributed by atoms with van der Waals surface area (Å²) in [4.78, 5) is 26.1. The van der Waals surface area contributed by atoms with Gasteiger partial charge < -0.3 is 15.2 Å². The van der Waals surface area contributed by atoms with Crippen LogP contribution in [0.3, 0.4) is 0 Å². The van der Waals surface area contributed by atoms with Crippen molar-refractivity contribution in [1.29, 1.82) is 0 Å². The quantitative estimate of drug-likeness (QED) is 0.917. The van der Waals surface area contributed by atoms with E-state index in [-0.39, 0.29) is 29.8 Å². The van der Waals surface area contributed by atoms with Gasteiger partial charge in [0.25, 0.3) is 5.56 Å². The monoisotopic (exact) mass is 311 g/mol. The summed E-state index contributed by atoms with van der Waals surface area (Å²) in [6.07, 6.45) is 1.64. The van der Waals surface area contributed by atoms with Gasteiger partial charge in [0.05, 0.1) is 0 Å². The summed E-state index contributed by atoms with van der Waals surface area (Å²) in [6.45, 7) is 1.94. The van der Waals surface area contributed by atoms with Gasteiger partial charge in [0, 0.05) is 31.3 Å². The maximum atomic E-state index is 12.5. The summed E-state index contributed by atoms with van der Waals surface area (Å²) in [7, 11) is 0. The van der Waals surface area contributed by atoms with Gasteiger partial charge in [-0.3, -0.25) is 9.59 Å². The highest BCUT2D eigenvalue weighted by atomic mass is 16.2. The molecule has 120 valence electrons. The fourth-order valence-electron chi connectivity index (χ4n) is 3.23. The topological polar surface area (TPSA) is 68.3 Å². The molecular weight excluding hydrogens is 290 g/mol. The van der Waals surface area contributed by atoms with Gasteiger partial charge in [-0.25, -0.2) is 0 Å². The summed E-state index contributed by atoms with van der Waals surface area (Å²) < 4.78 is 1.44. The van der Waals surface area contributed by atoms with Crippen molar-refractivity contribution >= 4 is 5.91 Å². The van der Waals surface area contributed by atoms with Crippen LogP contribution in [0.1, 0.15) is 11.5 Å². The number of benzene rings is 1. The van der Waals surface area contributed by atoms with E-state index in [1.54, 1.807) is 18.3 Å². The third-order valence-electron chi connectivity index (χ3n) is 4.53. The predicted molar refractivity (Wildman–Crippen MR) is 89.0 cm³/mol. The van der Waals surface area contributed by atoms with Gasteiger partial charge in [0.15, 0.2) is 0 Å². The lowest BCUT2D eigenvalue weighted by Crippen LogP contribution is -2.35. The first-order chi connectivity index (χ1) is 11.2. The maximum absolute atomic E-state index is 12.5. The molecule has 0 saturated carbocycles. The number of amides is 1. The summed E-state index contributed by atoms with van der Waals surface area (Å²) in [6, 6.07) is 15.1. The molecule has 1 fully saturated rings. The van der Waals surface area contributed by atoms with E-state index in [1.165, 1.54) is 16.2 Å². The van der Waals surface area contributed by atoms with Crippen molar-refractivity contribution in [3.63, 3.8) is 0 Å². The third kappa shape index (κ3) is 3.35. The fourth-order valence-corrected chi connectivity index (χ4v) is 3.23. The van der Waals surface area contributed by atoms with Crippen molar-refractivity contribution in [2.45, 2.75) is 12.5 Å². The smallest absolute Gasteiger partial charge is 0.250 e. The maximum Gasteiger partial charge on any atom is 0.250 e. The van der Waals surface area contributed by atoms with Crippen LogP contribution in [0.15, 0.2) is 59.5 Å². The number of likely N-dealkylation sites (tertiary alicyclic amines) is 1. The zero-order valence-electron chi connectivity index (χ0n) is 13.0. The van der Waals surface area contributed by atoms with Crippen molar-refractivity contribution in [2.24, 2.45) is 11.7 Å². The van der Waals surface area contributed by atoms with Crippen LogP contribution in [-0.4, -0.2) is 35.0 Å². The third-order valence-corrected chi connectivity index (χ3v) is 4.53. The molecule has 0 spiro atoms. The molecule has 5 heteroatoms. The van der Waals surface area contributed by atoms with Crippen molar-refractivity contribution in [2.75, 3.05) is 19.6 Å². The van der Waals surface area contributed by atoms with Gasteiger partial charge in [-0.1, -0.05) is 36.4 Å². The molecule has 2 atom stereocenters. The Balaban J connectivity index is 1.73. The van der Waals surface area contributed by atoms with Crippen LogP contribution in [0.4, 0.5) is 0 Å². The molecule has 1 aromatic carbocycles. The van der Waals surface area contributed by atoms with E-state index in [9.17, 15) is 9.59 Å². The number of carbonyl (C=O) groups is 1. The molecule has 1 saturated heterocycles. The van der Waals surface area contributed by atoms with Crippen LogP contribution in [0.25, 0.3) is 0 Å². The first-order valence-corrected chi connectivity index (χ1v) is 7.87. The van der Waals surface area contributed by atoms with E-state index >= 15 is 0 Å². The van der Waals surface area contributed by atoms with Crippen LogP contribution in [0, 0.1) is 5.92 Å². The zero-order valence-corrected chi connectivity index (χ0v) is 13.0. The summed E-state index contributed by atoms with van der Waals surface area (Å²) >= 11 is 0. The van der Waals surface area contributed by atoms with E-state index in [0.29, 0.717) is 19.6 Å². The Morgan fingerprint density at radius 3 is 2.52 bits per heavy atom. The van der Waals surface area contributed by atoms with Gasteiger partial charge in [-0.15, -0.1) is 0 Å². The molecule has 1 aliphatic heterocycles. The number of pyridine rings is 1. The SMILES string of the molecule is NC[C@@H]1CN(C(=O)Cn2ccccc2=O)C[C@H]1c1ccccc1. The highest BCUT2D eigenvalue weighted by molar-refractivity contribution is 5.76. The summed E-state index contributed by atoms with van der Waals surface area (Å²) in [5.41, 5.74) is 6.97. The summed E-state index contributed by atoms with van der Waals surface area (Å²) in [5.74, 6) is 0.488. The summed E-state index contributed by atoms with van der Waals surface area (Å²) in [5, 5.41) is 0. The zero-order chi connectivity index (χ0) is 16.2. The first-order valence-electron chi connectivity index (χ1n) is 7.87.